The zero-order chi connectivity index (χ0) is 14.9. The molecule has 2 rings (SSSR count). The van der Waals surface area contributed by atoms with E-state index < -0.39 is 8.80 Å². The second-order valence-corrected chi connectivity index (χ2v) is 8.13. The molecule has 0 aliphatic rings. The van der Waals surface area contributed by atoms with Crippen molar-refractivity contribution in [1.82, 2.24) is 0 Å². The third-order valence-electron chi connectivity index (χ3n) is 3.81. The number of hydrogen-bond acceptors (Lipinski definition) is 0. The number of unbranched alkanes of at least 4 members (excludes halogenated alkanes) is 3. The fourth-order valence-corrected chi connectivity index (χ4v) is 5.30. The van der Waals surface area contributed by atoms with Crippen molar-refractivity contribution in [3.8, 4) is 0 Å². The molecule has 0 N–H and O–H groups in total. The summed E-state index contributed by atoms with van der Waals surface area (Å²) in [5.41, 5.74) is 0. The van der Waals surface area contributed by atoms with Gasteiger partial charge in [-0.1, -0.05) is 102 Å². The van der Waals surface area contributed by atoms with Crippen LogP contribution in [0.1, 0.15) is 39.0 Å². The Labute approximate surface area is 131 Å². The second-order valence-electron chi connectivity index (χ2n) is 5.52. The number of rotatable bonds is 8. The third kappa shape index (κ3) is 4.71. The van der Waals surface area contributed by atoms with Gasteiger partial charge in [0.1, 0.15) is 8.80 Å². The van der Waals surface area contributed by atoms with Gasteiger partial charge in [-0.15, -0.1) is 6.58 Å². The van der Waals surface area contributed by atoms with Crippen molar-refractivity contribution in [3.63, 3.8) is 0 Å². The lowest BCUT2D eigenvalue weighted by Gasteiger charge is -2.19. The molecule has 0 saturated heterocycles. The van der Waals surface area contributed by atoms with Crippen molar-refractivity contribution in [2.45, 2.75) is 39.0 Å². The van der Waals surface area contributed by atoms with Crippen LogP contribution in [0.3, 0.4) is 0 Å². The van der Waals surface area contributed by atoms with Crippen molar-refractivity contribution < 1.29 is 0 Å². The summed E-state index contributed by atoms with van der Waals surface area (Å²) in [7, 11) is -0.859. The molecule has 0 fully saturated rings. The van der Waals surface area contributed by atoms with Crippen molar-refractivity contribution in [1.29, 1.82) is 0 Å². The molecule has 0 spiro atoms. The Morgan fingerprint density at radius 3 is 1.81 bits per heavy atom. The summed E-state index contributed by atoms with van der Waals surface area (Å²) in [5.74, 6) is 0. The van der Waals surface area contributed by atoms with Crippen LogP contribution in [0, 0.1) is 0 Å². The molecule has 0 bridgehead atoms. The summed E-state index contributed by atoms with van der Waals surface area (Å²) < 4.78 is 0. The quantitative estimate of drug-likeness (QED) is 0.501. The normalized spacial score (nSPS) is 10.8. The molecular formula is C20H25Si. The van der Waals surface area contributed by atoms with Crippen LogP contribution in [-0.4, -0.2) is 8.80 Å². The van der Waals surface area contributed by atoms with Crippen LogP contribution >= 0.6 is 0 Å². The van der Waals surface area contributed by atoms with Gasteiger partial charge in [0.2, 0.25) is 0 Å². The van der Waals surface area contributed by atoms with Crippen LogP contribution in [0.15, 0.2) is 72.4 Å². The summed E-state index contributed by atoms with van der Waals surface area (Å²) in [5, 5.41) is 4.34. The number of allylic oxidation sites excluding steroid dienone is 1. The average molecular weight is 294 g/mol. The molecule has 0 nitrogen and oxygen atoms in total. The highest BCUT2D eigenvalue weighted by molar-refractivity contribution is 6.90. The van der Waals surface area contributed by atoms with Crippen LogP contribution in [0.25, 0.3) is 0 Å². The zero-order valence-electron chi connectivity index (χ0n) is 13.0. The second kappa shape index (κ2) is 8.63. The summed E-state index contributed by atoms with van der Waals surface area (Å²) >= 11 is 0. The van der Waals surface area contributed by atoms with E-state index in [0.717, 1.165) is 6.42 Å². The summed E-state index contributed by atoms with van der Waals surface area (Å²) in [6.45, 7) is 6.71. The molecule has 0 atom stereocenters. The van der Waals surface area contributed by atoms with E-state index in [9.17, 15) is 0 Å². The molecule has 0 aromatic heterocycles. The van der Waals surface area contributed by atoms with Gasteiger partial charge in [0, 0.05) is 0 Å². The Morgan fingerprint density at radius 2 is 1.33 bits per heavy atom. The van der Waals surface area contributed by atoms with E-state index in [4.69, 9.17) is 0 Å². The van der Waals surface area contributed by atoms with Gasteiger partial charge < -0.3 is 0 Å². The lowest BCUT2D eigenvalue weighted by Crippen LogP contribution is -2.43. The van der Waals surface area contributed by atoms with Gasteiger partial charge in [-0.3, -0.25) is 0 Å². The highest BCUT2D eigenvalue weighted by atomic mass is 28.3. The zero-order valence-corrected chi connectivity index (χ0v) is 14.0. The first-order valence-electron chi connectivity index (χ1n) is 7.99. The molecule has 0 saturated carbocycles. The van der Waals surface area contributed by atoms with Gasteiger partial charge in [0.05, 0.1) is 0 Å². The minimum absolute atomic E-state index is 0.859. The third-order valence-corrected chi connectivity index (χ3v) is 6.59. The summed E-state index contributed by atoms with van der Waals surface area (Å²) in [4.78, 5) is 0. The van der Waals surface area contributed by atoms with E-state index >= 15 is 0 Å². The highest BCUT2D eigenvalue weighted by Crippen LogP contribution is 2.12. The van der Waals surface area contributed by atoms with Gasteiger partial charge in [0.15, 0.2) is 0 Å². The predicted molar refractivity (Wildman–Crippen MR) is 95.8 cm³/mol. The molecule has 2 aromatic carbocycles. The van der Waals surface area contributed by atoms with Crippen molar-refractivity contribution >= 4 is 19.2 Å². The monoisotopic (exact) mass is 293 g/mol. The lowest BCUT2D eigenvalue weighted by molar-refractivity contribution is 0.671. The van der Waals surface area contributed by atoms with Crippen LogP contribution < -0.4 is 10.4 Å². The standard InChI is InChI=1S/C20H25Si/c1-3-4-5-8-13-18(2)21(19-14-9-6-10-15-19)20-16-11-7-12-17-20/h6-7,9-12,14-17H,2-5,8,13H2,1H3. The first-order chi connectivity index (χ1) is 10.3. The smallest absolute Gasteiger partial charge is 0.103 e. The van der Waals surface area contributed by atoms with E-state index in [1.165, 1.54) is 41.3 Å². The first-order valence-corrected chi connectivity index (χ1v) is 9.49. The topological polar surface area (TPSA) is 0 Å². The molecule has 0 unspecified atom stereocenters. The molecule has 0 amide bonds. The van der Waals surface area contributed by atoms with Crippen LogP contribution in [0.4, 0.5) is 0 Å². The molecule has 109 valence electrons. The molecule has 0 aliphatic heterocycles. The van der Waals surface area contributed by atoms with Gasteiger partial charge >= 0.3 is 0 Å². The van der Waals surface area contributed by atoms with Crippen molar-refractivity contribution in [3.05, 3.63) is 72.4 Å². The van der Waals surface area contributed by atoms with Crippen LogP contribution in [0.5, 0.6) is 0 Å². The number of hydrogen-bond donors (Lipinski definition) is 0. The largest absolute Gasteiger partial charge is 0.149 e. The van der Waals surface area contributed by atoms with Gasteiger partial charge in [-0.25, -0.2) is 0 Å². The van der Waals surface area contributed by atoms with E-state index in [0.29, 0.717) is 0 Å². The minimum Gasteiger partial charge on any atom is -0.103 e. The highest BCUT2D eigenvalue weighted by Gasteiger charge is 2.19. The fraction of sp³-hybridized carbons (Fsp3) is 0.300. The molecule has 1 heteroatoms. The minimum atomic E-state index is -0.859. The van der Waals surface area contributed by atoms with Gasteiger partial charge in [-0.05, 0) is 12.8 Å². The molecule has 0 heterocycles. The first kappa shape index (κ1) is 15.8. The Hall–Kier alpha value is -1.60. The molecule has 21 heavy (non-hydrogen) atoms. The van der Waals surface area contributed by atoms with Gasteiger partial charge in [0.25, 0.3) is 0 Å². The van der Waals surface area contributed by atoms with Gasteiger partial charge in [-0.2, -0.15) is 0 Å². The maximum atomic E-state index is 4.45. The van der Waals surface area contributed by atoms with E-state index in [1.54, 1.807) is 0 Å². The Kier molecular flexibility index (Phi) is 6.49. The molecule has 2 aromatic rings. The maximum absolute atomic E-state index is 4.45. The SMILES string of the molecule is C=C(CCCCCC)[Si](c1ccccc1)c1ccccc1. The Morgan fingerprint density at radius 1 is 0.810 bits per heavy atom. The fourth-order valence-electron chi connectivity index (χ4n) is 2.67. The Balaban J connectivity index is 2.15. The molecule has 0 aliphatic carbocycles. The van der Waals surface area contributed by atoms with Crippen LogP contribution in [-0.2, 0) is 0 Å². The maximum Gasteiger partial charge on any atom is 0.149 e. The van der Waals surface area contributed by atoms with Crippen LogP contribution in [0.2, 0.25) is 0 Å². The summed E-state index contributed by atoms with van der Waals surface area (Å²) in [6.07, 6.45) is 6.40. The number of benzene rings is 2. The summed E-state index contributed by atoms with van der Waals surface area (Å²) in [6, 6.07) is 21.8. The Bertz CT molecular complexity index is 491. The predicted octanol–water partition coefficient (Wildman–Crippen LogP) is 4.36. The van der Waals surface area contributed by atoms with Crippen molar-refractivity contribution in [2.24, 2.45) is 0 Å². The molecular weight excluding hydrogens is 268 g/mol. The molecule has 1 radical (unpaired) electrons. The van der Waals surface area contributed by atoms with E-state index in [-0.39, 0.29) is 0 Å². The lowest BCUT2D eigenvalue weighted by atomic mass is 10.1. The van der Waals surface area contributed by atoms with E-state index in [2.05, 4.69) is 74.2 Å². The van der Waals surface area contributed by atoms with E-state index in [1.807, 2.05) is 0 Å². The average Bonchev–Trinajstić information content (AvgIpc) is 2.54. The van der Waals surface area contributed by atoms with Crippen molar-refractivity contribution in [2.75, 3.05) is 0 Å².